The maximum Gasteiger partial charge on any atom is 0.374 e. The number of aryl methyl sites for hydroxylation is 1. The van der Waals surface area contributed by atoms with Gasteiger partial charge in [-0.05, 0) is 56.7 Å². The molecule has 0 saturated heterocycles. The number of aromatic nitrogens is 1. The Morgan fingerprint density at radius 1 is 0.745 bits per heavy atom. The quantitative estimate of drug-likeness (QED) is 0.105. The van der Waals surface area contributed by atoms with Crippen LogP contribution in [0, 0.1) is 0 Å². The summed E-state index contributed by atoms with van der Waals surface area (Å²) >= 11 is 12.3. The minimum absolute atomic E-state index is 0.694. The van der Waals surface area contributed by atoms with Crippen LogP contribution in [0.2, 0.25) is 16.4 Å². The van der Waals surface area contributed by atoms with Crippen LogP contribution in [-0.2, 0) is 6.54 Å². The van der Waals surface area contributed by atoms with Crippen molar-refractivity contribution in [3.8, 4) is 5.75 Å². The lowest BCUT2D eigenvalue weighted by Gasteiger charge is -2.43. The topological polar surface area (TPSA) is 29.5 Å². The van der Waals surface area contributed by atoms with Crippen molar-refractivity contribution < 1.29 is 13.7 Å². The molecule has 0 aliphatic carbocycles. The number of hydrogen-bond donors (Lipinski definition) is 0. The molecule has 0 atom stereocenters. The average molecular weight is 716 g/mol. The predicted molar refractivity (Wildman–Crippen MR) is 218 cm³/mol. The van der Waals surface area contributed by atoms with Gasteiger partial charge in [0.15, 0.2) is 5.75 Å². The minimum Gasteiger partial charge on any atom is -0.439 e. The number of halogens is 2. The SMILES string of the molecule is CCCC[B-](c1ccccc1)(c1ccccc1)c1ccccc1.CCN1/C(=C/C(C)=C/c2oc3ccc(Cl)cc3[n+]2CC)Oc2ccc(Cl)cc21. The minimum atomic E-state index is -0.913. The molecule has 1 aliphatic rings. The molecule has 0 unspecified atom stereocenters. The van der Waals surface area contributed by atoms with E-state index in [0.717, 1.165) is 53.0 Å². The zero-order valence-electron chi connectivity index (χ0n) is 29.9. The first-order chi connectivity index (χ1) is 24.9. The van der Waals surface area contributed by atoms with E-state index in [1.807, 2.05) is 55.5 Å². The van der Waals surface area contributed by atoms with E-state index in [0.29, 0.717) is 10.0 Å². The Bertz CT molecular complexity index is 2030. The third-order valence-corrected chi connectivity index (χ3v) is 10.3. The fraction of sp³-hybridized carbons (Fsp3) is 0.205. The molecule has 2 heterocycles. The summed E-state index contributed by atoms with van der Waals surface area (Å²) < 4.78 is 14.2. The average Bonchev–Trinajstić information content (AvgIpc) is 3.68. The molecular weight excluding hydrogens is 670 g/mol. The number of benzene rings is 5. The molecule has 0 amide bonds. The van der Waals surface area contributed by atoms with Crippen molar-refractivity contribution in [1.29, 1.82) is 0 Å². The van der Waals surface area contributed by atoms with Crippen molar-refractivity contribution in [2.24, 2.45) is 0 Å². The maximum absolute atomic E-state index is 6.15. The smallest absolute Gasteiger partial charge is 0.374 e. The molecule has 0 bridgehead atoms. The summed E-state index contributed by atoms with van der Waals surface area (Å²) in [4.78, 5) is 2.10. The van der Waals surface area contributed by atoms with E-state index in [4.69, 9.17) is 32.4 Å². The standard InChI is InChI=1S/C22H24B.C22H21Cl2N2O2/c1-2-3-19-23(20-13-7-4-8-14-20,21-15-9-5-10-16-21)22-17-11-6-12-18-22;1-4-25-17-12-15(23)6-8-19(17)27-21(25)10-14(3)11-22-26(5-2)18-13-16(24)7-9-20(18)28-22/h4-18H,2-3,19H2,1H3;6-13H,4-5H2,1-3H3/q-1;+1. The van der Waals surface area contributed by atoms with Crippen molar-refractivity contribution >= 4 is 68.6 Å². The molecule has 6 aromatic rings. The number of unbranched alkanes of at least 4 members (excludes halogenated alkanes) is 1. The Morgan fingerprint density at radius 3 is 1.86 bits per heavy atom. The van der Waals surface area contributed by atoms with Crippen LogP contribution >= 0.6 is 23.2 Å². The van der Waals surface area contributed by atoms with E-state index in [-0.39, 0.29) is 0 Å². The highest BCUT2D eigenvalue weighted by molar-refractivity contribution is 7.11. The Kier molecular flexibility index (Phi) is 11.7. The number of fused-ring (bicyclic) bond motifs is 2. The van der Waals surface area contributed by atoms with Crippen molar-refractivity contribution in [3.63, 3.8) is 0 Å². The van der Waals surface area contributed by atoms with Gasteiger partial charge in [0.1, 0.15) is 6.54 Å². The molecule has 51 heavy (non-hydrogen) atoms. The lowest BCUT2D eigenvalue weighted by Crippen LogP contribution is -2.66. The molecule has 7 heteroatoms. The van der Waals surface area contributed by atoms with E-state index in [1.165, 1.54) is 35.6 Å². The molecule has 1 aromatic heterocycles. The van der Waals surface area contributed by atoms with Crippen molar-refractivity contribution in [3.05, 3.63) is 161 Å². The van der Waals surface area contributed by atoms with Gasteiger partial charge >= 0.3 is 5.89 Å². The van der Waals surface area contributed by atoms with Gasteiger partial charge in [-0.3, -0.25) is 0 Å². The molecule has 260 valence electrons. The van der Waals surface area contributed by atoms with E-state index in [2.05, 4.69) is 121 Å². The van der Waals surface area contributed by atoms with Crippen LogP contribution in [-0.4, -0.2) is 12.7 Å². The Labute approximate surface area is 312 Å². The summed E-state index contributed by atoms with van der Waals surface area (Å²) in [5, 5.41) is 1.39. The van der Waals surface area contributed by atoms with Crippen LogP contribution in [0.4, 0.5) is 5.69 Å². The van der Waals surface area contributed by atoms with E-state index in [1.54, 1.807) is 0 Å². The second-order valence-electron chi connectivity index (χ2n) is 13.0. The lowest BCUT2D eigenvalue weighted by molar-refractivity contribution is -0.674. The van der Waals surface area contributed by atoms with Crippen LogP contribution in [0.25, 0.3) is 17.2 Å². The van der Waals surface area contributed by atoms with Gasteiger partial charge in [0, 0.05) is 28.7 Å². The molecule has 1 aliphatic heterocycles. The maximum atomic E-state index is 6.15. The van der Waals surface area contributed by atoms with Gasteiger partial charge in [-0.2, -0.15) is 27.3 Å². The molecular formula is C44H45BCl2N2O2. The fourth-order valence-corrected chi connectivity index (χ4v) is 7.71. The monoisotopic (exact) mass is 714 g/mol. The largest absolute Gasteiger partial charge is 0.439 e. The first-order valence-corrected chi connectivity index (χ1v) is 18.7. The Hall–Kier alpha value is -4.71. The summed E-state index contributed by atoms with van der Waals surface area (Å²) in [6.07, 6.45) is 6.75. The normalized spacial score (nSPS) is 13.6. The third-order valence-electron chi connectivity index (χ3n) is 9.82. The molecule has 7 rings (SSSR count). The first kappa shape index (κ1) is 36.1. The number of ether oxygens (including phenoxy) is 1. The molecule has 0 fully saturated rings. The Balaban J connectivity index is 0.000000179. The van der Waals surface area contributed by atoms with Gasteiger partial charge in [-0.15, -0.1) is 0 Å². The lowest BCUT2D eigenvalue weighted by atomic mass is 9.14. The van der Waals surface area contributed by atoms with Crippen LogP contribution < -0.4 is 30.6 Å². The number of nitrogens with zero attached hydrogens (tertiary/aromatic N) is 2. The van der Waals surface area contributed by atoms with Gasteiger partial charge in [0.05, 0.1) is 17.9 Å². The van der Waals surface area contributed by atoms with E-state index in [9.17, 15) is 0 Å². The molecule has 5 aromatic carbocycles. The van der Waals surface area contributed by atoms with Crippen LogP contribution in [0.1, 0.15) is 46.4 Å². The molecule has 0 saturated carbocycles. The Morgan fingerprint density at radius 2 is 1.31 bits per heavy atom. The number of rotatable bonds is 10. The van der Waals surface area contributed by atoms with E-state index < -0.39 is 6.15 Å². The van der Waals surface area contributed by atoms with Crippen molar-refractivity contribution in [2.45, 2.75) is 53.4 Å². The van der Waals surface area contributed by atoms with E-state index >= 15 is 0 Å². The second kappa shape index (κ2) is 16.5. The molecule has 4 nitrogen and oxygen atoms in total. The summed E-state index contributed by atoms with van der Waals surface area (Å²) in [6.45, 7) is 10.0. The summed E-state index contributed by atoms with van der Waals surface area (Å²) in [6, 6.07) is 44.5. The molecule has 0 spiro atoms. The van der Waals surface area contributed by atoms with Crippen LogP contribution in [0.3, 0.4) is 0 Å². The molecule has 0 radical (unpaired) electrons. The third kappa shape index (κ3) is 7.81. The highest BCUT2D eigenvalue weighted by Crippen LogP contribution is 2.40. The van der Waals surface area contributed by atoms with Gasteiger partial charge in [0.2, 0.25) is 11.5 Å². The molecule has 0 N–H and O–H groups in total. The fourth-order valence-electron chi connectivity index (χ4n) is 7.38. The van der Waals surface area contributed by atoms with Crippen molar-refractivity contribution in [2.75, 3.05) is 11.4 Å². The zero-order chi connectivity index (χ0) is 35.8. The number of oxazole rings is 1. The summed E-state index contributed by atoms with van der Waals surface area (Å²) in [7, 11) is 0. The highest BCUT2D eigenvalue weighted by atomic mass is 35.5. The van der Waals surface area contributed by atoms with Gasteiger partial charge in [0.25, 0.3) is 5.52 Å². The van der Waals surface area contributed by atoms with Crippen molar-refractivity contribution in [1.82, 2.24) is 0 Å². The van der Waals surface area contributed by atoms with Crippen LogP contribution in [0.5, 0.6) is 5.75 Å². The summed E-state index contributed by atoms with van der Waals surface area (Å²) in [5.74, 6) is 2.36. The number of hydrogen-bond acceptors (Lipinski definition) is 3. The first-order valence-electron chi connectivity index (χ1n) is 18.0. The zero-order valence-corrected chi connectivity index (χ0v) is 31.4. The van der Waals surface area contributed by atoms with Crippen LogP contribution in [0.15, 0.2) is 149 Å². The number of allylic oxidation sites excluding steroid dienone is 2. The second-order valence-corrected chi connectivity index (χ2v) is 13.9. The highest BCUT2D eigenvalue weighted by Gasteiger charge is 2.29. The number of anilines is 1. The van der Waals surface area contributed by atoms with Gasteiger partial charge in [-0.25, -0.2) is 0 Å². The predicted octanol–water partition coefficient (Wildman–Crippen LogP) is 10.2. The van der Waals surface area contributed by atoms with Gasteiger partial charge < -0.3 is 14.1 Å². The summed E-state index contributed by atoms with van der Waals surface area (Å²) in [5.41, 5.74) is 8.12. The van der Waals surface area contributed by atoms with Gasteiger partial charge in [-0.1, -0.05) is 134 Å².